The van der Waals surface area contributed by atoms with E-state index in [4.69, 9.17) is 0 Å². The Morgan fingerprint density at radius 3 is 2.52 bits per heavy atom. The zero-order chi connectivity index (χ0) is 17.5. The highest BCUT2D eigenvalue weighted by molar-refractivity contribution is 5.92. The van der Waals surface area contributed by atoms with Crippen molar-refractivity contribution in [2.45, 2.75) is 13.0 Å². The second-order valence-electron chi connectivity index (χ2n) is 5.80. The van der Waals surface area contributed by atoms with E-state index in [0.717, 1.165) is 22.3 Å². The van der Waals surface area contributed by atoms with E-state index >= 15 is 0 Å². The van der Waals surface area contributed by atoms with Crippen molar-refractivity contribution in [2.24, 2.45) is 0 Å². The Morgan fingerprint density at radius 1 is 1.00 bits per heavy atom. The molecule has 25 heavy (non-hydrogen) atoms. The van der Waals surface area contributed by atoms with Crippen molar-refractivity contribution in [1.82, 2.24) is 10.3 Å². The first kappa shape index (κ1) is 16.7. The van der Waals surface area contributed by atoms with Gasteiger partial charge in [0.2, 0.25) is 5.91 Å². The zero-order valence-electron chi connectivity index (χ0n) is 14.1. The van der Waals surface area contributed by atoms with Gasteiger partial charge in [-0.1, -0.05) is 60.7 Å². The van der Waals surface area contributed by atoms with Crippen LogP contribution in [0.1, 0.15) is 24.1 Å². The van der Waals surface area contributed by atoms with Crippen LogP contribution in [-0.2, 0) is 4.79 Å². The van der Waals surface area contributed by atoms with E-state index in [1.54, 1.807) is 12.3 Å². The van der Waals surface area contributed by atoms with Gasteiger partial charge in [-0.3, -0.25) is 9.78 Å². The minimum absolute atomic E-state index is 0.107. The number of benzene rings is 2. The molecule has 3 nitrogen and oxygen atoms in total. The summed E-state index contributed by atoms with van der Waals surface area (Å²) in [5, 5.41) is 3.03. The minimum atomic E-state index is -0.114. The number of nitrogens with zero attached hydrogens (tertiary/aromatic N) is 1. The van der Waals surface area contributed by atoms with Crippen LogP contribution in [0.3, 0.4) is 0 Å². The molecule has 0 aliphatic heterocycles. The molecule has 1 amide bonds. The third kappa shape index (κ3) is 4.42. The SMILES string of the molecule is C[C@H](NC(=O)C=Cc1ccccc1)c1ccccc1-c1cccnc1. The fourth-order valence-electron chi connectivity index (χ4n) is 2.73. The van der Waals surface area contributed by atoms with Crippen LogP contribution >= 0.6 is 0 Å². The van der Waals surface area contributed by atoms with Crippen molar-refractivity contribution >= 4 is 12.0 Å². The van der Waals surface area contributed by atoms with Crippen LogP contribution in [-0.4, -0.2) is 10.9 Å². The van der Waals surface area contributed by atoms with Crippen molar-refractivity contribution in [3.8, 4) is 11.1 Å². The molecule has 0 spiro atoms. The molecular formula is C22H20N2O. The first-order chi connectivity index (χ1) is 12.2. The second kappa shape index (κ2) is 8.06. The predicted octanol–water partition coefficient (Wildman–Crippen LogP) is 4.64. The van der Waals surface area contributed by atoms with Crippen molar-refractivity contribution in [2.75, 3.05) is 0 Å². The van der Waals surface area contributed by atoms with E-state index in [-0.39, 0.29) is 11.9 Å². The summed E-state index contributed by atoms with van der Waals surface area (Å²) in [7, 11) is 0. The molecule has 1 heterocycles. The van der Waals surface area contributed by atoms with Gasteiger partial charge in [0.25, 0.3) is 0 Å². The van der Waals surface area contributed by atoms with Crippen molar-refractivity contribution in [3.05, 3.63) is 96.3 Å². The summed E-state index contributed by atoms with van der Waals surface area (Å²) in [6, 6.07) is 21.7. The molecule has 0 fully saturated rings. The second-order valence-corrected chi connectivity index (χ2v) is 5.80. The maximum atomic E-state index is 12.2. The highest BCUT2D eigenvalue weighted by atomic mass is 16.1. The van der Waals surface area contributed by atoms with E-state index in [1.807, 2.05) is 79.9 Å². The van der Waals surface area contributed by atoms with Gasteiger partial charge in [-0.2, -0.15) is 0 Å². The normalized spacial score (nSPS) is 12.0. The van der Waals surface area contributed by atoms with Gasteiger partial charge in [-0.15, -0.1) is 0 Å². The molecule has 0 radical (unpaired) electrons. The van der Waals surface area contributed by atoms with Crippen molar-refractivity contribution < 1.29 is 4.79 Å². The van der Waals surface area contributed by atoms with E-state index in [9.17, 15) is 4.79 Å². The van der Waals surface area contributed by atoms with Gasteiger partial charge in [0.1, 0.15) is 0 Å². The van der Waals surface area contributed by atoms with Gasteiger partial charge in [0.15, 0.2) is 0 Å². The van der Waals surface area contributed by atoms with Crippen LogP contribution in [0.4, 0.5) is 0 Å². The Bertz CT molecular complexity index is 857. The Morgan fingerprint density at radius 2 is 1.76 bits per heavy atom. The van der Waals surface area contributed by atoms with Gasteiger partial charge in [-0.25, -0.2) is 0 Å². The Labute approximate surface area is 148 Å². The molecule has 3 aromatic rings. The number of carbonyl (C=O) groups excluding carboxylic acids is 1. The lowest BCUT2D eigenvalue weighted by Gasteiger charge is -2.17. The third-order valence-electron chi connectivity index (χ3n) is 3.99. The fourth-order valence-corrected chi connectivity index (χ4v) is 2.73. The number of amides is 1. The lowest BCUT2D eigenvalue weighted by molar-refractivity contribution is -0.117. The van der Waals surface area contributed by atoms with Gasteiger partial charge in [-0.05, 0) is 35.8 Å². The van der Waals surface area contributed by atoms with E-state index in [1.165, 1.54) is 0 Å². The molecule has 3 heteroatoms. The van der Waals surface area contributed by atoms with E-state index < -0.39 is 0 Å². The molecule has 0 aliphatic rings. The molecule has 0 bridgehead atoms. The first-order valence-corrected chi connectivity index (χ1v) is 8.27. The van der Waals surface area contributed by atoms with Gasteiger partial charge < -0.3 is 5.32 Å². The molecule has 1 aromatic heterocycles. The lowest BCUT2D eigenvalue weighted by atomic mass is 9.96. The van der Waals surface area contributed by atoms with Crippen molar-refractivity contribution in [1.29, 1.82) is 0 Å². The summed E-state index contributed by atoms with van der Waals surface area (Å²) >= 11 is 0. The van der Waals surface area contributed by atoms with Crippen LogP contribution in [0.25, 0.3) is 17.2 Å². The summed E-state index contributed by atoms with van der Waals surface area (Å²) in [4.78, 5) is 16.4. The Kier molecular flexibility index (Phi) is 5.37. The maximum absolute atomic E-state index is 12.2. The molecule has 2 aromatic carbocycles. The number of carbonyl (C=O) groups is 1. The van der Waals surface area contributed by atoms with E-state index in [0.29, 0.717) is 0 Å². The molecule has 0 aliphatic carbocycles. The predicted molar refractivity (Wildman–Crippen MR) is 102 cm³/mol. The number of rotatable bonds is 5. The Balaban J connectivity index is 1.75. The van der Waals surface area contributed by atoms with Gasteiger partial charge in [0.05, 0.1) is 6.04 Å². The van der Waals surface area contributed by atoms with Gasteiger partial charge >= 0.3 is 0 Å². The molecule has 0 saturated carbocycles. The molecule has 124 valence electrons. The number of hydrogen-bond donors (Lipinski definition) is 1. The number of pyridine rings is 1. The minimum Gasteiger partial charge on any atom is -0.346 e. The maximum Gasteiger partial charge on any atom is 0.244 e. The molecule has 1 N–H and O–H groups in total. The summed E-state index contributed by atoms with van der Waals surface area (Å²) in [5.74, 6) is -0.114. The number of nitrogens with one attached hydrogen (secondary N) is 1. The Hall–Kier alpha value is -3.20. The van der Waals surface area contributed by atoms with Gasteiger partial charge in [0, 0.05) is 24.0 Å². The summed E-state index contributed by atoms with van der Waals surface area (Å²) < 4.78 is 0. The van der Waals surface area contributed by atoms with Crippen LogP contribution in [0.5, 0.6) is 0 Å². The monoisotopic (exact) mass is 328 g/mol. The van der Waals surface area contributed by atoms with Crippen LogP contribution in [0.2, 0.25) is 0 Å². The lowest BCUT2D eigenvalue weighted by Crippen LogP contribution is -2.25. The topological polar surface area (TPSA) is 42.0 Å². The average molecular weight is 328 g/mol. The highest BCUT2D eigenvalue weighted by Crippen LogP contribution is 2.27. The quantitative estimate of drug-likeness (QED) is 0.693. The summed E-state index contributed by atoms with van der Waals surface area (Å²) in [6.07, 6.45) is 6.97. The largest absolute Gasteiger partial charge is 0.346 e. The van der Waals surface area contributed by atoms with Crippen LogP contribution < -0.4 is 5.32 Å². The zero-order valence-corrected chi connectivity index (χ0v) is 14.1. The number of hydrogen-bond acceptors (Lipinski definition) is 2. The highest BCUT2D eigenvalue weighted by Gasteiger charge is 2.13. The first-order valence-electron chi connectivity index (χ1n) is 8.27. The smallest absolute Gasteiger partial charge is 0.244 e. The molecular weight excluding hydrogens is 308 g/mol. The van der Waals surface area contributed by atoms with E-state index in [2.05, 4.69) is 16.4 Å². The van der Waals surface area contributed by atoms with Crippen LogP contribution in [0.15, 0.2) is 85.2 Å². The summed E-state index contributed by atoms with van der Waals surface area (Å²) in [5.41, 5.74) is 4.19. The van der Waals surface area contributed by atoms with Crippen molar-refractivity contribution in [3.63, 3.8) is 0 Å². The molecule has 0 saturated heterocycles. The molecule has 3 rings (SSSR count). The van der Waals surface area contributed by atoms with Crippen LogP contribution in [0, 0.1) is 0 Å². The standard InChI is InChI=1S/C22H20N2O/c1-17(24-22(25)14-13-18-8-3-2-4-9-18)20-11-5-6-12-21(20)19-10-7-15-23-16-19/h2-17H,1H3,(H,24,25)/t17-/m0/s1. The summed E-state index contributed by atoms with van der Waals surface area (Å²) in [6.45, 7) is 1.99. The molecule has 0 unspecified atom stereocenters. The number of aromatic nitrogens is 1. The average Bonchev–Trinajstić information content (AvgIpc) is 2.68. The third-order valence-corrected chi connectivity index (χ3v) is 3.99. The molecule has 1 atom stereocenters. The fraction of sp³-hybridized carbons (Fsp3) is 0.0909.